The number of aromatic nitrogens is 1. The van der Waals surface area contributed by atoms with Crippen LogP contribution >= 0.6 is 12.4 Å². The number of rotatable bonds is 6. The highest BCUT2D eigenvalue weighted by Gasteiger charge is 2.35. The standard InChI is InChI=1S/C16H27N3O2.ClH/c1-3-12(4-2)14-10-13(21-19-14)11-18-15(20)16(17)8-6-5-7-9-16;/h10,12H,3-9,11,17H2,1-2H3,(H,18,20);1H. The SMILES string of the molecule is CCC(CC)c1cc(CNC(=O)C2(N)CCCCC2)on1.Cl. The summed E-state index contributed by atoms with van der Waals surface area (Å²) in [5.74, 6) is 1.06. The van der Waals surface area contributed by atoms with Gasteiger partial charge in [0.15, 0.2) is 5.76 Å². The Balaban J connectivity index is 0.00000242. The van der Waals surface area contributed by atoms with E-state index in [1.165, 1.54) is 6.42 Å². The molecule has 3 N–H and O–H groups in total. The van der Waals surface area contributed by atoms with E-state index in [4.69, 9.17) is 10.3 Å². The van der Waals surface area contributed by atoms with Gasteiger partial charge in [-0.15, -0.1) is 12.4 Å². The van der Waals surface area contributed by atoms with Gasteiger partial charge >= 0.3 is 0 Å². The summed E-state index contributed by atoms with van der Waals surface area (Å²) >= 11 is 0. The van der Waals surface area contributed by atoms with Crippen LogP contribution in [0.4, 0.5) is 0 Å². The normalized spacial score (nSPS) is 17.1. The molecule has 1 aliphatic rings. The highest BCUT2D eigenvalue weighted by molar-refractivity contribution is 5.86. The van der Waals surface area contributed by atoms with Crippen LogP contribution in [0.3, 0.4) is 0 Å². The van der Waals surface area contributed by atoms with E-state index in [0.717, 1.165) is 44.2 Å². The van der Waals surface area contributed by atoms with Gasteiger partial charge in [-0.3, -0.25) is 4.79 Å². The number of nitrogens with two attached hydrogens (primary N) is 1. The number of carbonyl (C=O) groups is 1. The maximum absolute atomic E-state index is 12.2. The average Bonchev–Trinajstić information content (AvgIpc) is 2.95. The molecule has 0 spiro atoms. The first-order chi connectivity index (χ1) is 10.1. The van der Waals surface area contributed by atoms with Crippen LogP contribution in [0.15, 0.2) is 10.6 Å². The van der Waals surface area contributed by atoms with E-state index in [9.17, 15) is 4.79 Å². The predicted molar refractivity (Wildman–Crippen MR) is 88.9 cm³/mol. The molecule has 22 heavy (non-hydrogen) atoms. The summed E-state index contributed by atoms with van der Waals surface area (Å²) in [5.41, 5.74) is 6.48. The Hall–Kier alpha value is -1.07. The second-order valence-corrected chi connectivity index (χ2v) is 6.13. The van der Waals surface area contributed by atoms with Gasteiger partial charge in [-0.25, -0.2) is 0 Å². The van der Waals surface area contributed by atoms with Crippen molar-refractivity contribution in [2.24, 2.45) is 5.73 Å². The zero-order valence-corrected chi connectivity index (χ0v) is 14.4. The maximum Gasteiger partial charge on any atom is 0.240 e. The minimum absolute atomic E-state index is 0. The lowest BCUT2D eigenvalue weighted by atomic mass is 9.82. The van der Waals surface area contributed by atoms with Crippen LogP contribution < -0.4 is 11.1 Å². The van der Waals surface area contributed by atoms with Gasteiger partial charge in [-0.2, -0.15) is 0 Å². The molecule has 1 aromatic heterocycles. The summed E-state index contributed by atoms with van der Waals surface area (Å²) in [4.78, 5) is 12.2. The van der Waals surface area contributed by atoms with Crippen LogP contribution in [0.25, 0.3) is 0 Å². The van der Waals surface area contributed by atoms with Gasteiger partial charge in [-0.1, -0.05) is 38.3 Å². The molecule has 0 bridgehead atoms. The molecule has 0 aliphatic heterocycles. The zero-order valence-electron chi connectivity index (χ0n) is 13.6. The zero-order chi connectivity index (χ0) is 15.3. The first-order valence-corrected chi connectivity index (χ1v) is 8.11. The fourth-order valence-corrected chi connectivity index (χ4v) is 3.06. The summed E-state index contributed by atoms with van der Waals surface area (Å²) in [6.07, 6.45) is 6.87. The number of halogens is 1. The molecule has 1 fully saturated rings. The van der Waals surface area contributed by atoms with Crippen molar-refractivity contribution in [1.29, 1.82) is 0 Å². The second kappa shape index (κ2) is 8.53. The minimum Gasteiger partial charge on any atom is -0.359 e. The third kappa shape index (κ3) is 4.46. The summed E-state index contributed by atoms with van der Waals surface area (Å²) in [6.45, 7) is 4.65. The van der Waals surface area contributed by atoms with Crippen molar-refractivity contribution in [2.45, 2.75) is 76.8 Å². The van der Waals surface area contributed by atoms with E-state index in [2.05, 4.69) is 24.3 Å². The number of amides is 1. The first kappa shape index (κ1) is 19.0. The molecule has 1 amide bonds. The molecule has 0 radical (unpaired) electrons. The molecule has 2 rings (SSSR count). The largest absolute Gasteiger partial charge is 0.359 e. The van der Waals surface area contributed by atoms with Gasteiger partial charge < -0.3 is 15.6 Å². The Morgan fingerprint density at radius 3 is 2.59 bits per heavy atom. The molecule has 1 aromatic rings. The monoisotopic (exact) mass is 329 g/mol. The Kier molecular flexibility index (Phi) is 7.36. The van der Waals surface area contributed by atoms with Crippen LogP contribution in [0.1, 0.15) is 76.2 Å². The maximum atomic E-state index is 12.2. The van der Waals surface area contributed by atoms with Crippen molar-refractivity contribution in [2.75, 3.05) is 0 Å². The summed E-state index contributed by atoms with van der Waals surface area (Å²) < 4.78 is 5.31. The van der Waals surface area contributed by atoms with Gasteiger partial charge in [0.05, 0.1) is 17.8 Å². The number of nitrogens with one attached hydrogen (secondary N) is 1. The van der Waals surface area contributed by atoms with Gasteiger partial charge in [0, 0.05) is 12.0 Å². The van der Waals surface area contributed by atoms with E-state index in [0.29, 0.717) is 18.2 Å². The molecule has 1 saturated carbocycles. The Morgan fingerprint density at radius 2 is 2.00 bits per heavy atom. The highest BCUT2D eigenvalue weighted by atomic mass is 35.5. The van der Waals surface area contributed by atoms with Crippen molar-refractivity contribution in [1.82, 2.24) is 10.5 Å². The molecule has 6 heteroatoms. The van der Waals surface area contributed by atoms with Crippen molar-refractivity contribution >= 4 is 18.3 Å². The molecule has 0 saturated heterocycles. The Labute approximate surface area is 138 Å². The van der Waals surface area contributed by atoms with Gasteiger partial charge in [0.1, 0.15) is 0 Å². The second-order valence-electron chi connectivity index (χ2n) is 6.13. The molecule has 5 nitrogen and oxygen atoms in total. The van der Waals surface area contributed by atoms with Gasteiger partial charge in [-0.05, 0) is 25.7 Å². The number of hydrogen-bond donors (Lipinski definition) is 2. The number of nitrogens with zero attached hydrogens (tertiary/aromatic N) is 1. The van der Waals surface area contributed by atoms with Crippen molar-refractivity contribution in [3.05, 3.63) is 17.5 Å². The molecular formula is C16H28ClN3O2. The molecule has 126 valence electrons. The average molecular weight is 330 g/mol. The van der Waals surface area contributed by atoms with Crippen LogP contribution in [0.5, 0.6) is 0 Å². The number of carbonyl (C=O) groups excluding carboxylic acids is 1. The lowest BCUT2D eigenvalue weighted by Gasteiger charge is -2.31. The third-order valence-corrected chi connectivity index (χ3v) is 4.60. The topological polar surface area (TPSA) is 81.2 Å². The Bertz CT molecular complexity index is 466. The molecule has 0 atom stereocenters. The van der Waals surface area contributed by atoms with Crippen LogP contribution in [-0.2, 0) is 11.3 Å². The van der Waals surface area contributed by atoms with Crippen LogP contribution in [-0.4, -0.2) is 16.6 Å². The molecule has 1 aliphatic carbocycles. The fourth-order valence-electron chi connectivity index (χ4n) is 3.06. The molecule has 1 heterocycles. The first-order valence-electron chi connectivity index (χ1n) is 8.11. The van der Waals surface area contributed by atoms with Gasteiger partial charge in [0.2, 0.25) is 5.91 Å². The Morgan fingerprint density at radius 1 is 1.36 bits per heavy atom. The molecule has 0 aromatic carbocycles. The number of hydrogen-bond acceptors (Lipinski definition) is 4. The third-order valence-electron chi connectivity index (χ3n) is 4.60. The van der Waals surface area contributed by atoms with E-state index < -0.39 is 5.54 Å². The minimum atomic E-state index is -0.698. The highest BCUT2D eigenvalue weighted by Crippen LogP contribution is 2.26. The predicted octanol–water partition coefficient (Wildman–Crippen LogP) is 3.28. The van der Waals surface area contributed by atoms with E-state index in [1.54, 1.807) is 0 Å². The summed E-state index contributed by atoms with van der Waals surface area (Å²) in [7, 11) is 0. The van der Waals surface area contributed by atoms with Crippen LogP contribution in [0, 0.1) is 0 Å². The van der Waals surface area contributed by atoms with E-state index >= 15 is 0 Å². The lowest BCUT2D eigenvalue weighted by Crippen LogP contribution is -2.54. The van der Waals surface area contributed by atoms with Crippen molar-refractivity contribution < 1.29 is 9.32 Å². The lowest BCUT2D eigenvalue weighted by molar-refractivity contribution is -0.127. The van der Waals surface area contributed by atoms with Crippen LogP contribution in [0.2, 0.25) is 0 Å². The smallest absolute Gasteiger partial charge is 0.240 e. The summed E-state index contributed by atoms with van der Waals surface area (Å²) in [5, 5.41) is 7.01. The summed E-state index contributed by atoms with van der Waals surface area (Å²) in [6, 6.07) is 1.95. The molecule has 0 unspecified atom stereocenters. The van der Waals surface area contributed by atoms with Gasteiger partial charge in [0.25, 0.3) is 0 Å². The quantitative estimate of drug-likeness (QED) is 0.839. The molecular weight excluding hydrogens is 302 g/mol. The van der Waals surface area contributed by atoms with Crippen molar-refractivity contribution in [3.63, 3.8) is 0 Å². The van der Waals surface area contributed by atoms with E-state index in [1.807, 2.05) is 6.07 Å². The van der Waals surface area contributed by atoms with E-state index in [-0.39, 0.29) is 18.3 Å². The van der Waals surface area contributed by atoms with Crippen molar-refractivity contribution in [3.8, 4) is 0 Å². The fraction of sp³-hybridized carbons (Fsp3) is 0.750.